The summed E-state index contributed by atoms with van der Waals surface area (Å²) < 4.78 is 11.0. The predicted molar refractivity (Wildman–Crippen MR) is 48.8 cm³/mol. The lowest BCUT2D eigenvalue weighted by Crippen LogP contribution is -1.97. The van der Waals surface area contributed by atoms with Gasteiger partial charge in [-0.1, -0.05) is 29.3 Å². The van der Waals surface area contributed by atoms with Crippen LogP contribution in [0.1, 0.15) is 0 Å². The number of hydrogen-bond acceptors (Lipinski definition) is 1. The molecule has 0 aliphatic carbocycles. The third kappa shape index (κ3) is 2.03. The fourth-order valence-electron chi connectivity index (χ4n) is 0.706. The minimum absolute atomic E-state index is 0.384. The van der Waals surface area contributed by atoms with E-state index in [1.807, 2.05) is 0 Å². The summed E-state index contributed by atoms with van der Waals surface area (Å²) in [5.74, 6) is 0. The van der Waals surface area contributed by atoms with Gasteiger partial charge in [0.2, 0.25) is 0 Å². The Morgan fingerprint density at radius 1 is 1.36 bits per heavy atom. The fraction of sp³-hybridized carbons (Fsp3) is 0.143. The number of halogens is 2. The minimum atomic E-state index is -1.07. The van der Waals surface area contributed by atoms with Crippen molar-refractivity contribution >= 4 is 34.4 Å². The highest BCUT2D eigenvalue weighted by molar-refractivity contribution is 7.90. The van der Waals surface area contributed by atoms with E-state index in [1.165, 1.54) is 0 Å². The maximum Gasteiger partial charge on any atom is 0.172 e. The van der Waals surface area contributed by atoms with Gasteiger partial charge in [-0.3, -0.25) is 0 Å². The first-order chi connectivity index (χ1) is 5.13. The molecule has 1 aromatic carbocycles. The van der Waals surface area contributed by atoms with E-state index >= 15 is 0 Å². The molecule has 0 fully saturated rings. The summed E-state index contributed by atoms with van der Waals surface area (Å²) in [5, 5.41) is 0.828. The first-order valence-corrected chi connectivity index (χ1v) is 5.22. The molecule has 0 saturated heterocycles. The second-order valence-electron chi connectivity index (χ2n) is 2.01. The molecule has 11 heavy (non-hydrogen) atoms. The van der Waals surface area contributed by atoms with Crippen LogP contribution in [0.3, 0.4) is 0 Å². The Morgan fingerprint density at radius 3 is 2.45 bits per heavy atom. The predicted octanol–water partition coefficient (Wildman–Crippen LogP) is 2.73. The van der Waals surface area contributed by atoms with Crippen LogP contribution in [0.15, 0.2) is 23.1 Å². The van der Waals surface area contributed by atoms with Crippen molar-refractivity contribution in [3.05, 3.63) is 28.2 Å². The molecule has 0 radical (unpaired) electrons. The Hall–Kier alpha value is 0.110. The number of hydrogen-bond donors (Lipinski definition) is 0. The molecule has 0 aromatic heterocycles. The largest absolute Gasteiger partial charge is 0.612 e. The Morgan fingerprint density at radius 2 is 2.00 bits per heavy atom. The molecule has 0 spiro atoms. The van der Waals surface area contributed by atoms with Gasteiger partial charge in [-0.15, -0.1) is 0 Å². The van der Waals surface area contributed by atoms with Crippen LogP contribution in [0.2, 0.25) is 10.0 Å². The van der Waals surface area contributed by atoms with Crippen molar-refractivity contribution < 1.29 is 4.55 Å². The summed E-state index contributed by atoms with van der Waals surface area (Å²) in [4.78, 5) is 0.583. The lowest BCUT2D eigenvalue weighted by Gasteiger charge is -2.05. The zero-order chi connectivity index (χ0) is 8.43. The summed E-state index contributed by atoms with van der Waals surface area (Å²) in [6.45, 7) is 0. The Bertz CT molecular complexity index is 263. The standard InChI is InChI=1S/C7H6Cl2OS/c1-11(10)6-4-2-3-5(8)7(6)9/h2-4H,1H3. The van der Waals surface area contributed by atoms with Crippen molar-refractivity contribution in [3.63, 3.8) is 0 Å². The maximum atomic E-state index is 11.0. The molecule has 0 heterocycles. The van der Waals surface area contributed by atoms with Crippen LogP contribution >= 0.6 is 23.2 Å². The molecule has 0 N–H and O–H groups in total. The molecule has 0 amide bonds. The summed E-state index contributed by atoms with van der Waals surface area (Å²) in [6.07, 6.45) is 1.57. The van der Waals surface area contributed by atoms with E-state index in [4.69, 9.17) is 23.2 Å². The molecule has 1 atom stereocenters. The molecular formula is C7H6Cl2OS. The van der Waals surface area contributed by atoms with Gasteiger partial charge in [0.15, 0.2) is 4.90 Å². The molecular weight excluding hydrogens is 203 g/mol. The van der Waals surface area contributed by atoms with Crippen LogP contribution in [0.25, 0.3) is 0 Å². The van der Waals surface area contributed by atoms with Crippen molar-refractivity contribution in [2.75, 3.05) is 6.26 Å². The second kappa shape index (κ2) is 3.68. The summed E-state index contributed by atoms with van der Waals surface area (Å²) in [7, 11) is 0. The van der Waals surface area contributed by atoms with Crippen LogP contribution < -0.4 is 0 Å². The van der Waals surface area contributed by atoms with Crippen molar-refractivity contribution in [1.82, 2.24) is 0 Å². The summed E-state index contributed by atoms with van der Waals surface area (Å²) in [5.41, 5.74) is 0. The smallest absolute Gasteiger partial charge is 0.172 e. The van der Waals surface area contributed by atoms with Crippen molar-refractivity contribution in [1.29, 1.82) is 0 Å². The van der Waals surface area contributed by atoms with Gasteiger partial charge >= 0.3 is 0 Å². The van der Waals surface area contributed by atoms with E-state index in [0.29, 0.717) is 14.9 Å². The van der Waals surface area contributed by atoms with Crippen LogP contribution in [0, 0.1) is 0 Å². The Labute approximate surface area is 78.5 Å². The zero-order valence-corrected chi connectivity index (χ0v) is 8.13. The summed E-state index contributed by atoms with van der Waals surface area (Å²) in [6, 6.07) is 5.09. The van der Waals surface area contributed by atoms with Crippen LogP contribution in [-0.2, 0) is 11.2 Å². The quantitative estimate of drug-likeness (QED) is 0.652. The van der Waals surface area contributed by atoms with Crippen LogP contribution in [-0.4, -0.2) is 10.8 Å². The molecule has 1 rings (SSSR count). The van der Waals surface area contributed by atoms with E-state index in [1.54, 1.807) is 24.5 Å². The molecule has 0 bridgehead atoms. The van der Waals surface area contributed by atoms with E-state index < -0.39 is 11.2 Å². The van der Waals surface area contributed by atoms with E-state index in [0.717, 1.165) is 0 Å². The Kier molecular flexibility index (Phi) is 3.07. The molecule has 60 valence electrons. The highest BCUT2D eigenvalue weighted by Gasteiger charge is 2.11. The third-order valence-electron chi connectivity index (χ3n) is 1.23. The first-order valence-electron chi connectivity index (χ1n) is 2.90. The summed E-state index contributed by atoms with van der Waals surface area (Å²) >= 11 is 10.4. The highest BCUT2D eigenvalue weighted by atomic mass is 35.5. The molecule has 4 heteroatoms. The molecule has 1 unspecified atom stereocenters. The van der Waals surface area contributed by atoms with Crippen molar-refractivity contribution in [2.45, 2.75) is 4.90 Å². The fourth-order valence-corrected chi connectivity index (χ4v) is 2.02. The average Bonchev–Trinajstić information content (AvgIpc) is 1.94. The van der Waals surface area contributed by atoms with Gasteiger partial charge in [-0.05, 0) is 23.3 Å². The monoisotopic (exact) mass is 208 g/mol. The van der Waals surface area contributed by atoms with Crippen molar-refractivity contribution in [2.24, 2.45) is 0 Å². The molecule has 0 aliphatic heterocycles. The normalized spacial score (nSPS) is 13.1. The van der Waals surface area contributed by atoms with Gasteiger partial charge in [0, 0.05) is 0 Å². The SMILES string of the molecule is C[S+]([O-])c1cccc(Cl)c1Cl. The van der Waals surface area contributed by atoms with E-state index in [2.05, 4.69) is 0 Å². The van der Waals surface area contributed by atoms with E-state index in [-0.39, 0.29) is 0 Å². The zero-order valence-electron chi connectivity index (χ0n) is 5.80. The number of benzene rings is 1. The van der Waals surface area contributed by atoms with Gasteiger partial charge in [0.25, 0.3) is 0 Å². The average molecular weight is 209 g/mol. The highest BCUT2D eigenvalue weighted by Crippen LogP contribution is 2.28. The number of rotatable bonds is 1. The maximum absolute atomic E-state index is 11.0. The van der Waals surface area contributed by atoms with Crippen molar-refractivity contribution in [3.8, 4) is 0 Å². The van der Waals surface area contributed by atoms with Crippen LogP contribution in [0.4, 0.5) is 0 Å². The third-order valence-corrected chi connectivity index (χ3v) is 3.12. The molecule has 1 aromatic rings. The van der Waals surface area contributed by atoms with Gasteiger partial charge in [-0.25, -0.2) is 0 Å². The molecule has 1 nitrogen and oxygen atoms in total. The molecule has 0 aliphatic rings. The Balaban J connectivity index is 3.17. The first kappa shape index (κ1) is 9.20. The lowest BCUT2D eigenvalue weighted by atomic mass is 10.4. The van der Waals surface area contributed by atoms with E-state index in [9.17, 15) is 4.55 Å². The lowest BCUT2D eigenvalue weighted by molar-refractivity contribution is 0.601. The van der Waals surface area contributed by atoms with Gasteiger partial charge in [0.1, 0.15) is 11.3 Å². The van der Waals surface area contributed by atoms with Gasteiger partial charge in [0.05, 0.1) is 5.02 Å². The minimum Gasteiger partial charge on any atom is -0.612 e. The topological polar surface area (TPSA) is 23.1 Å². The molecule has 0 saturated carbocycles. The van der Waals surface area contributed by atoms with Gasteiger partial charge < -0.3 is 4.55 Å². The van der Waals surface area contributed by atoms with Crippen LogP contribution in [0.5, 0.6) is 0 Å². The second-order valence-corrected chi connectivity index (χ2v) is 4.14. The van der Waals surface area contributed by atoms with Gasteiger partial charge in [-0.2, -0.15) is 0 Å².